The lowest BCUT2D eigenvalue weighted by Gasteiger charge is -2.36. The summed E-state index contributed by atoms with van der Waals surface area (Å²) in [5.74, 6) is -3.37. The molecule has 4 aliphatic heterocycles. The minimum Gasteiger partial charge on any atom is -0.455 e. The number of likely N-dealkylation sites (tertiary alicyclic amines) is 1. The highest BCUT2D eigenvalue weighted by Gasteiger charge is 2.71. The first-order valence-electron chi connectivity index (χ1n) is 17.5. The van der Waals surface area contributed by atoms with E-state index >= 15 is 0 Å². The highest BCUT2D eigenvalue weighted by Crippen LogP contribution is 2.53. The molecule has 4 heterocycles. The van der Waals surface area contributed by atoms with E-state index in [0.29, 0.717) is 25.8 Å². The Morgan fingerprint density at radius 1 is 0.959 bits per heavy atom. The number of fused-ring (bicyclic) bond motifs is 2. The number of amides is 3. The maximum absolute atomic E-state index is 14.9. The van der Waals surface area contributed by atoms with Crippen molar-refractivity contribution < 1.29 is 33.8 Å². The van der Waals surface area contributed by atoms with E-state index in [9.17, 15) is 24.3 Å². The second-order valence-corrected chi connectivity index (χ2v) is 13.7. The first kappa shape index (κ1) is 34.6. The fourth-order valence-corrected chi connectivity index (χ4v) is 7.92. The molecule has 260 valence electrons. The predicted octanol–water partition coefficient (Wildman–Crippen LogP) is 4.48. The third kappa shape index (κ3) is 6.68. The van der Waals surface area contributed by atoms with Crippen LogP contribution in [0.15, 0.2) is 72.8 Å². The first-order valence-corrected chi connectivity index (χ1v) is 17.5. The van der Waals surface area contributed by atoms with Gasteiger partial charge in [0.1, 0.15) is 23.7 Å². The number of carbonyl (C=O) groups is 4. The number of cyclic esters (lactones) is 1. The van der Waals surface area contributed by atoms with Crippen LogP contribution in [0.3, 0.4) is 0 Å². The maximum Gasteiger partial charge on any atom is 0.313 e. The third-order valence-corrected chi connectivity index (χ3v) is 10.3. The van der Waals surface area contributed by atoms with Crippen LogP contribution in [0.25, 0.3) is 0 Å². The number of aliphatic hydroxyl groups is 1. The average molecular weight is 670 g/mol. The molecule has 49 heavy (non-hydrogen) atoms. The van der Waals surface area contributed by atoms with Crippen molar-refractivity contribution in [2.75, 3.05) is 24.6 Å². The minimum absolute atomic E-state index is 0.101. The zero-order valence-corrected chi connectivity index (χ0v) is 28.5. The largest absolute Gasteiger partial charge is 0.455 e. The van der Waals surface area contributed by atoms with Gasteiger partial charge >= 0.3 is 5.97 Å². The molecule has 2 fully saturated rings. The number of benzene rings is 2. The number of aryl methyl sites for hydroxylation is 2. The van der Waals surface area contributed by atoms with E-state index in [1.807, 2.05) is 80.6 Å². The van der Waals surface area contributed by atoms with Gasteiger partial charge in [0.15, 0.2) is 0 Å². The number of rotatable bonds is 8. The molecule has 1 spiro atoms. The number of hydrogen-bond acceptors (Lipinski definition) is 7. The maximum atomic E-state index is 14.9. The SMILES string of the molecule is Cc1ccc(C)c(N2CC=C[C@]34O[C@@H]5/C=C\CCC(=O)N[C@H](C)[C@@H](c6ccccc6)OC(=O)[C@@H]5[C@H]3C(=O)N(CCCCCCO)[C@@H]4C2=O)c1. The normalized spacial score (nSPS) is 30.8. The van der Waals surface area contributed by atoms with Crippen molar-refractivity contribution >= 4 is 29.4 Å². The lowest BCUT2D eigenvalue weighted by Crippen LogP contribution is -2.55. The van der Waals surface area contributed by atoms with E-state index < -0.39 is 47.7 Å². The Hall–Kier alpha value is -4.28. The van der Waals surface area contributed by atoms with Gasteiger partial charge in [0.25, 0.3) is 5.91 Å². The number of nitrogens with one attached hydrogen (secondary N) is 1. The van der Waals surface area contributed by atoms with Gasteiger partial charge < -0.3 is 29.7 Å². The molecule has 2 aromatic carbocycles. The number of hydrogen-bond donors (Lipinski definition) is 2. The molecular formula is C39H47N3O7. The number of anilines is 1. The minimum atomic E-state index is -1.41. The van der Waals surface area contributed by atoms with Gasteiger partial charge in [-0.3, -0.25) is 19.2 Å². The number of esters is 1. The van der Waals surface area contributed by atoms with Crippen molar-refractivity contribution in [2.45, 2.75) is 89.2 Å². The van der Waals surface area contributed by atoms with Crippen molar-refractivity contribution in [2.24, 2.45) is 11.8 Å². The van der Waals surface area contributed by atoms with Gasteiger partial charge in [-0.1, -0.05) is 79.6 Å². The quantitative estimate of drug-likeness (QED) is 0.241. The van der Waals surface area contributed by atoms with Crippen molar-refractivity contribution in [3.63, 3.8) is 0 Å². The van der Waals surface area contributed by atoms with Gasteiger partial charge in [-0.2, -0.15) is 0 Å². The molecule has 0 unspecified atom stereocenters. The summed E-state index contributed by atoms with van der Waals surface area (Å²) in [6.07, 6.45) is 9.15. The van der Waals surface area contributed by atoms with Crippen LogP contribution >= 0.6 is 0 Å². The van der Waals surface area contributed by atoms with Gasteiger partial charge in [-0.05, 0) is 62.8 Å². The third-order valence-electron chi connectivity index (χ3n) is 10.3. The molecule has 0 saturated carbocycles. The zero-order valence-electron chi connectivity index (χ0n) is 28.5. The molecule has 3 amide bonds. The summed E-state index contributed by atoms with van der Waals surface area (Å²) in [4.78, 5) is 60.2. The van der Waals surface area contributed by atoms with E-state index in [-0.39, 0.29) is 37.3 Å². The Kier molecular flexibility index (Phi) is 10.4. The van der Waals surface area contributed by atoms with Crippen molar-refractivity contribution in [1.29, 1.82) is 0 Å². The van der Waals surface area contributed by atoms with E-state index in [2.05, 4.69) is 5.32 Å². The number of allylic oxidation sites excluding steroid dienone is 1. The molecule has 10 nitrogen and oxygen atoms in total. The Morgan fingerprint density at radius 3 is 2.51 bits per heavy atom. The van der Waals surface area contributed by atoms with E-state index in [1.54, 1.807) is 22.8 Å². The van der Waals surface area contributed by atoms with Crippen LogP contribution in [0.2, 0.25) is 0 Å². The molecule has 0 bridgehead atoms. The summed E-state index contributed by atoms with van der Waals surface area (Å²) in [5, 5.41) is 12.3. The second-order valence-electron chi connectivity index (χ2n) is 13.7. The topological polar surface area (TPSA) is 125 Å². The average Bonchev–Trinajstić information content (AvgIpc) is 3.47. The summed E-state index contributed by atoms with van der Waals surface area (Å²) in [6.45, 7) is 6.44. The molecule has 0 radical (unpaired) electrons. The highest BCUT2D eigenvalue weighted by atomic mass is 16.6. The fourth-order valence-electron chi connectivity index (χ4n) is 7.92. The zero-order chi connectivity index (χ0) is 34.7. The summed E-state index contributed by atoms with van der Waals surface area (Å²) in [5.41, 5.74) is 2.02. The molecule has 0 aromatic heterocycles. The molecule has 2 aromatic rings. The van der Waals surface area contributed by atoms with Crippen molar-refractivity contribution in [3.05, 3.63) is 89.5 Å². The summed E-state index contributed by atoms with van der Waals surface area (Å²) >= 11 is 0. The van der Waals surface area contributed by atoms with Crippen LogP contribution < -0.4 is 10.2 Å². The smallest absolute Gasteiger partial charge is 0.313 e. The number of nitrogens with zero attached hydrogens (tertiary/aromatic N) is 2. The van der Waals surface area contributed by atoms with E-state index in [4.69, 9.17) is 9.47 Å². The Balaban J connectivity index is 1.42. The van der Waals surface area contributed by atoms with E-state index in [1.165, 1.54) is 0 Å². The molecule has 2 saturated heterocycles. The van der Waals surface area contributed by atoms with Crippen molar-refractivity contribution in [1.82, 2.24) is 10.2 Å². The van der Waals surface area contributed by atoms with Crippen LogP contribution in [-0.2, 0) is 28.7 Å². The Labute approximate surface area is 288 Å². The molecule has 2 N–H and O–H groups in total. The molecular weight excluding hydrogens is 622 g/mol. The number of aliphatic hydroxyl groups excluding tert-OH is 1. The van der Waals surface area contributed by atoms with Gasteiger partial charge in [-0.25, -0.2) is 0 Å². The summed E-state index contributed by atoms with van der Waals surface area (Å²) in [6, 6.07) is 13.7. The molecule has 6 rings (SSSR count). The van der Waals surface area contributed by atoms with Crippen LogP contribution in [0.1, 0.15) is 68.2 Å². The molecule has 7 atom stereocenters. The molecule has 10 heteroatoms. The Morgan fingerprint density at radius 2 is 1.73 bits per heavy atom. The van der Waals surface area contributed by atoms with Gasteiger partial charge in [0, 0.05) is 31.8 Å². The fraction of sp³-hybridized carbons (Fsp3) is 0.487. The van der Waals surface area contributed by atoms with Crippen LogP contribution in [0.5, 0.6) is 0 Å². The molecule has 0 aliphatic carbocycles. The standard InChI is InChI=1S/C39H47N3O7/c1-25-18-19-26(2)29(24-25)41-22-13-20-39-33(36(45)42(35(39)37(41)46)21-11-4-5-12-23-43)32-30(49-39)16-9-10-17-31(44)40-27(3)34(48-38(32)47)28-14-7-6-8-15-28/h6-9,13-16,18-20,24,27,30,32-35,43H,4-5,10-12,17,21-23H2,1-3H3,(H,40,44)/b16-9-/t27-,30-,32+,33+,34+,35-,39+/m1/s1. The monoisotopic (exact) mass is 669 g/mol. The van der Waals surface area contributed by atoms with Gasteiger partial charge in [0.2, 0.25) is 11.8 Å². The van der Waals surface area contributed by atoms with Crippen LogP contribution in [-0.4, -0.2) is 77.2 Å². The first-order chi connectivity index (χ1) is 23.7. The van der Waals surface area contributed by atoms with Crippen LogP contribution in [0.4, 0.5) is 5.69 Å². The lowest BCUT2D eigenvalue weighted by atomic mass is 9.77. The predicted molar refractivity (Wildman–Crippen MR) is 184 cm³/mol. The summed E-state index contributed by atoms with van der Waals surface area (Å²) < 4.78 is 13.1. The van der Waals surface area contributed by atoms with E-state index in [0.717, 1.165) is 35.2 Å². The lowest BCUT2D eigenvalue weighted by molar-refractivity contribution is -0.161. The number of unbranched alkanes of at least 4 members (excludes halogenated alkanes) is 3. The summed E-state index contributed by atoms with van der Waals surface area (Å²) in [7, 11) is 0. The Bertz CT molecular complexity index is 1620. The van der Waals surface area contributed by atoms with Gasteiger partial charge in [0.05, 0.1) is 18.1 Å². The molecule has 4 aliphatic rings. The highest BCUT2D eigenvalue weighted by molar-refractivity contribution is 6.06. The van der Waals surface area contributed by atoms with Crippen LogP contribution in [0, 0.1) is 25.7 Å². The number of ether oxygens (including phenoxy) is 2. The number of carbonyl (C=O) groups excluding carboxylic acids is 4. The second kappa shape index (κ2) is 14.7. The van der Waals surface area contributed by atoms with Gasteiger partial charge in [-0.15, -0.1) is 0 Å². The van der Waals surface area contributed by atoms with Crippen molar-refractivity contribution in [3.8, 4) is 0 Å².